The largest absolute Gasteiger partial charge is 0.416 e. The average molecular weight is 480 g/mol. The molecule has 4 atom stereocenters. The molecule has 34 heavy (non-hydrogen) atoms. The second-order valence-electron chi connectivity index (χ2n) is 9.71. The molecular formula is C24H32F3N5O2. The fourth-order valence-corrected chi connectivity index (χ4v) is 5.30. The summed E-state index contributed by atoms with van der Waals surface area (Å²) in [5.74, 6) is 0.118. The molecule has 0 bridgehead atoms. The zero-order chi connectivity index (χ0) is 24.6. The van der Waals surface area contributed by atoms with Crippen molar-refractivity contribution in [2.45, 2.75) is 69.9 Å². The number of halogens is 3. The molecule has 10 heteroatoms. The number of amides is 1. The van der Waals surface area contributed by atoms with E-state index in [-0.39, 0.29) is 35.7 Å². The Kier molecular flexibility index (Phi) is 7.00. The van der Waals surface area contributed by atoms with Crippen LogP contribution in [0.15, 0.2) is 24.5 Å². The maximum atomic E-state index is 13.3. The lowest BCUT2D eigenvalue weighted by Gasteiger charge is -2.44. The van der Waals surface area contributed by atoms with E-state index in [2.05, 4.69) is 41.1 Å². The highest BCUT2D eigenvalue weighted by Gasteiger charge is 2.42. The van der Waals surface area contributed by atoms with Crippen molar-refractivity contribution in [2.75, 3.05) is 25.5 Å². The number of benzene rings is 1. The molecule has 1 aromatic heterocycles. The van der Waals surface area contributed by atoms with Gasteiger partial charge < -0.3 is 20.2 Å². The normalized spacial score (nSPS) is 26.1. The third-order valence-electron chi connectivity index (χ3n) is 7.45. The van der Waals surface area contributed by atoms with Gasteiger partial charge in [0.25, 0.3) is 0 Å². The van der Waals surface area contributed by atoms with Crippen LogP contribution in [0.3, 0.4) is 0 Å². The van der Waals surface area contributed by atoms with Gasteiger partial charge in [-0.05, 0) is 64.8 Å². The van der Waals surface area contributed by atoms with Gasteiger partial charge in [0.2, 0.25) is 5.91 Å². The number of nitrogens with one attached hydrogen (secondary N) is 1. The van der Waals surface area contributed by atoms with Crippen molar-refractivity contribution in [3.63, 3.8) is 0 Å². The number of fused-ring (bicyclic) bond motifs is 1. The van der Waals surface area contributed by atoms with E-state index < -0.39 is 17.8 Å². The van der Waals surface area contributed by atoms with Crippen LogP contribution in [0.4, 0.5) is 19.0 Å². The summed E-state index contributed by atoms with van der Waals surface area (Å²) in [7, 11) is 2.10. The first kappa shape index (κ1) is 24.7. The van der Waals surface area contributed by atoms with Crippen LogP contribution in [0.25, 0.3) is 10.9 Å². The van der Waals surface area contributed by atoms with Crippen LogP contribution in [0, 0.1) is 5.92 Å². The average Bonchev–Trinajstić information content (AvgIpc) is 3.17. The highest BCUT2D eigenvalue weighted by atomic mass is 19.4. The lowest BCUT2D eigenvalue weighted by Crippen LogP contribution is -2.51. The maximum absolute atomic E-state index is 13.3. The number of aromatic nitrogens is 2. The molecule has 0 radical (unpaired) electrons. The summed E-state index contributed by atoms with van der Waals surface area (Å²) >= 11 is 0. The van der Waals surface area contributed by atoms with Crippen LogP contribution < -0.4 is 5.32 Å². The summed E-state index contributed by atoms with van der Waals surface area (Å²) < 4.78 is 39.7. The van der Waals surface area contributed by atoms with E-state index in [1.54, 1.807) is 0 Å². The van der Waals surface area contributed by atoms with Gasteiger partial charge in [-0.15, -0.1) is 0 Å². The van der Waals surface area contributed by atoms with Crippen molar-refractivity contribution >= 4 is 22.6 Å². The second-order valence-corrected chi connectivity index (χ2v) is 9.71. The molecule has 4 rings (SSSR count). The van der Waals surface area contributed by atoms with Gasteiger partial charge in [0.1, 0.15) is 18.2 Å². The number of carbonyl (C=O) groups excluding carboxylic acids is 1. The predicted octanol–water partition coefficient (Wildman–Crippen LogP) is 3.53. The van der Waals surface area contributed by atoms with Gasteiger partial charge >= 0.3 is 6.18 Å². The van der Waals surface area contributed by atoms with E-state index in [9.17, 15) is 23.1 Å². The van der Waals surface area contributed by atoms with Crippen LogP contribution in [0.1, 0.15) is 45.1 Å². The molecule has 1 unspecified atom stereocenters. The number of rotatable bonds is 6. The smallest absolute Gasteiger partial charge is 0.396 e. The summed E-state index contributed by atoms with van der Waals surface area (Å²) in [6, 6.07) is 3.47. The molecule has 2 aromatic rings. The molecule has 186 valence electrons. The number of alkyl halides is 3. The van der Waals surface area contributed by atoms with Gasteiger partial charge in [-0.25, -0.2) is 9.97 Å². The van der Waals surface area contributed by atoms with Crippen LogP contribution in [0.2, 0.25) is 0 Å². The highest BCUT2D eigenvalue weighted by Crippen LogP contribution is 2.35. The number of likely N-dealkylation sites (tertiary alicyclic amines) is 1. The Labute approximate surface area is 197 Å². The van der Waals surface area contributed by atoms with Crippen LogP contribution in [-0.2, 0) is 11.0 Å². The number of hydrogen-bond acceptors (Lipinski definition) is 6. The molecular weight excluding hydrogens is 447 g/mol. The van der Waals surface area contributed by atoms with Crippen molar-refractivity contribution in [1.29, 1.82) is 0 Å². The molecule has 1 aliphatic heterocycles. The van der Waals surface area contributed by atoms with Gasteiger partial charge in [0.15, 0.2) is 0 Å². The molecule has 1 aromatic carbocycles. The molecule has 0 spiro atoms. The van der Waals surface area contributed by atoms with E-state index in [0.717, 1.165) is 31.4 Å². The number of anilines is 1. The Morgan fingerprint density at radius 1 is 1.24 bits per heavy atom. The van der Waals surface area contributed by atoms with Crippen LogP contribution >= 0.6 is 0 Å². The molecule has 1 saturated carbocycles. The minimum Gasteiger partial charge on any atom is -0.396 e. The summed E-state index contributed by atoms with van der Waals surface area (Å²) in [4.78, 5) is 25.7. The lowest BCUT2D eigenvalue weighted by molar-refractivity contribution is -0.137. The van der Waals surface area contributed by atoms with Gasteiger partial charge in [-0.1, -0.05) is 0 Å². The standard InChI is InChI=1S/C24H32F3N5O2/c1-14(2)31(3)17-5-7-21(15(10-17)12-33)32-9-8-20(23(32)34)30-22-18-11-16(24(25,26)27)4-6-19(18)28-13-29-22/h4,6,11,13-15,17,20-21,33H,5,7-10,12H2,1-3H3,(H,28,29,30)/t15-,17-,20?,21+/m1/s1. The number of carbonyl (C=O) groups is 1. The highest BCUT2D eigenvalue weighted by molar-refractivity contribution is 5.93. The van der Waals surface area contributed by atoms with Crippen molar-refractivity contribution in [3.8, 4) is 0 Å². The first-order valence-corrected chi connectivity index (χ1v) is 11.8. The maximum Gasteiger partial charge on any atom is 0.416 e. The Bertz CT molecular complexity index is 1030. The topological polar surface area (TPSA) is 81.6 Å². The molecule has 2 fully saturated rings. The Balaban J connectivity index is 1.49. The number of nitrogens with zero attached hydrogens (tertiary/aromatic N) is 4. The summed E-state index contributed by atoms with van der Waals surface area (Å²) in [5.41, 5.74) is -0.410. The number of aliphatic hydroxyl groups is 1. The molecule has 2 heterocycles. The van der Waals surface area contributed by atoms with Crippen molar-refractivity contribution in [1.82, 2.24) is 19.8 Å². The van der Waals surface area contributed by atoms with Crippen molar-refractivity contribution in [2.24, 2.45) is 5.92 Å². The molecule has 2 N–H and O–H groups in total. The van der Waals surface area contributed by atoms with Crippen molar-refractivity contribution < 1.29 is 23.1 Å². The Morgan fingerprint density at radius 3 is 2.68 bits per heavy atom. The Morgan fingerprint density at radius 2 is 2.00 bits per heavy atom. The van der Waals surface area contributed by atoms with E-state index in [4.69, 9.17) is 0 Å². The summed E-state index contributed by atoms with van der Waals surface area (Å²) in [6.45, 7) is 4.86. The van der Waals surface area contributed by atoms with E-state index in [1.807, 2.05) is 4.90 Å². The van der Waals surface area contributed by atoms with Crippen molar-refractivity contribution in [3.05, 3.63) is 30.1 Å². The molecule has 1 aliphatic carbocycles. The number of hydrogen-bond donors (Lipinski definition) is 2. The summed E-state index contributed by atoms with van der Waals surface area (Å²) in [6.07, 6.45) is -0.0838. The van der Waals surface area contributed by atoms with Gasteiger partial charge in [0.05, 0.1) is 11.1 Å². The van der Waals surface area contributed by atoms with E-state index in [0.29, 0.717) is 30.6 Å². The minimum absolute atomic E-state index is 0.00289. The molecule has 1 amide bonds. The van der Waals surface area contributed by atoms with Gasteiger partial charge in [-0.3, -0.25) is 4.79 Å². The lowest BCUT2D eigenvalue weighted by atomic mass is 9.80. The Hall–Kier alpha value is -2.46. The predicted molar refractivity (Wildman–Crippen MR) is 123 cm³/mol. The van der Waals surface area contributed by atoms with Crippen LogP contribution in [-0.4, -0.2) is 75.1 Å². The third-order valence-corrected chi connectivity index (χ3v) is 7.45. The molecule has 7 nitrogen and oxygen atoms in total. The second kappa shape index (κ2) is 9.65. The first-order valence-electron chi connectivity index (χ1n) is 11.8. The minimum atomic E-state index is -4.48. The zero-order valence-electron chi connectivity index (χ0n) is 19.7. The monoisotopic (exact) mass is 479 g/mol. The quantitative estimate of drug-likeness (QED) is 0.660. The van der Waals surface area contributed by atoms with Gasteiger partial charge in [-0.2, -0.15) is 13.2 Å². The first-order chi connectivity index (χ1) is 16.1. The number of aliphatic hydroxyl groups excluding tert-OH is 1. The van der Waals surface area contributed by atoms with E-state index in [1.165, 1.54) is 12.4 Å². The van der Waals surface area contributed by atoms with Gasteiger partial charge in [0, 0.05) is 42.6 Å². The van der Waals surface area contributed by atoms with Crippen LogP contribution in [0.5, 0.6) is 0 Å². The molecule has 1 saturated heterocycles. The fraction of sp³-hybridized carbons (Fsp3) is 0.625. The summed E-state index contributed by atoms with van der Waals surface area (Å²) in [5, 5.41) is 13.4. The zero-order valence-corrected chi connectivity index (χ0v) is 19.7. The third kappa shape index (κ3) is 4.84. The molecule has 2 aliphatic rings. The fourth-order valence-electron chi connectivity index (χ4n) is 5.30. The SMILES string of the molecule is CC(C)N(C)[C@@H]1CC[C@H](N2CCC(Nc3ncnc4ccc(C(F)(F)F)cc34)C2=O)[C@@H](CO)C1. The van der Waals surface area contributed by atoms with E-state index >= 15 is 0 Å².